The molecule has 4 heteroatoms. The molecule has 0 fully saturated rings. The van der Waals surface area contributed by atoms with Crippen LogP contribution in [0.2, 0.25) is 0 Å². The fourth-order valence-corrected chi connectivity index (χ4v) is 2.69. The number of aryl methyl sites for hydroxylation is 2. The second-order valence-electron chi connectivity index (χ2n) is 5.62. The molecule has 0 aromatic heterocycles. The molecule has 4 nitrogen and oxygen atoms in total. The van der Waals surface area contributed by atoms with Gasteiger partial charge in [-0.15, -0.1) is 0 Å². The predicted molar refractivity (Wildman–Crippen MR) is 81.3 cm³/mol. The van der Waals surface area contributed by atoms with Crippen LogP contribution in [-0.4, -0.2) is 29.4 Å². The Labute approximate surface area is 125 Å². The summed E-state index contributed by atoms with van der Waals surface area (Å²) in [6, 6.07) is 5.67. The van der Waals surface area contributed by atoms with Crippen molar-refractivity contribution in [3.05, 3.63) is 34.9 Å². The first kappa shape index (κ1) is 15.7. The number of fused-ring (bicyclic) bond motifs is 1. The van der Waals surface area contributed by atoms with Crippen molar-refractivity contribution < 1.29 is 14.7 Å². The molecule has 0 bridgehead atoms. The van der Waals surface area contributed by atoms with Crippen molar-refractivity contribution in [1.82, 2.24) is 5.32 Å². The fraction of sp³-hybridized carbons (Fsp3) is 0.529. The maximum atomic E-state index is 12.1. The van der Waals surface area contributed by atoms with Crippen LogP contribution in [0.5, 0.6) is 0 Å². The van der Waals surface area contributed by atoms with Crippen molar-refractivity contribution in [2.45, 2.75) is 51.5 Å². The van der Waals surface area contributed by atoms with E-state index in [0.717, 1.165) is 19.3 Å². The molecule has 1 aromatic rings. The first-order valence-corrected chi connectivity index (χ1v) is 7.69. The Morgan fingerprint density at radius 2 is 2.00 bits per heavy atom. The maximum Gasteiger partial charge on any atom is 0.220 e. The van der Waals surface area contributed by atoms with Crippen LogP contribution in [0, 0.1) is 0 Å². The van der Waals surface area contributed by atoms with Crippen LogP contribution >= 0.6 is 0 Å². The van der Waals surface area contributed by atoms with Crippen molar-refractivity contribution in [2.24, 2.45) is 0 Å². The zero-order chi connectivity index (χ0) is 15.2. The minimum Gasteiger partial charge on any atom is -0.394 e. The van der Waals surface area contributed by atoms with E-state index in [4.69, 9.17) is 5.11 Å². The third-order valence-corrected chi connectivity index (χ3v) is 4.08. The molecule has 21 heavy (non-hydrogen) atoms. The Bertz CT molecular complexity index is 521. The molecule has 114 valence electrons. The number of nitrogens with one attached hydrogen (secondary N) is 1. The Kier molecular flexibility index (Phi) is 5.51. The van der Waals surface area contributed by atoms with Crippen LogP contribution in [0.25, 0.3) is 0 Å². The SMILES string of the molecule is CCC(CO)NC(=O)CCC(=O)c1ccc2c(c1)CCC2. The normalized spacial score (nSPS) is 14.6. The molecule has 1 aliphatic carbocycles. The van der Waals surface area contributed by atoms with Crippen molar-refractivity contribution in [1.29, 1.82) is 0 Å². The number of benzene rings is 1. The number of carbonyl (C=O) groups excluding carboxylic acids is 2. The third kappa shape index (κ3) is 4.14. The van der Waals surface area contributed by atoms with Crippen LogP contribution in [0.4, 0.5) is 0 Å². The van der Waals surface area contributed by atoms with E-state index >= 15 is 0 Å². The minimum absolute atomic E-state index is 0.0110. The van der Waals surface area contributed by atoms with Crippen molar-refractivity contribution in [2.75, 3.05) is 6.61 Å². The summed E-state index contributed by atoms with van der Waals surface area (Å²) in [4.78, 5) is 23.9. The summed E-state index contributed by atoms with van der Waals surface area (Å²) >= 11 is 0. The van der Waals surface area contributed by atoms with E-state index in [9.17, 15) is 9.59 Å². The van der Waals surface area contributed by atoms with Crippen LogP contribution < -0.4 is 5.32 Å². The Morgan fingerprint density at radius 1 is 1.24 bits per heavy atom. The number of aliphatic hydroxyl groups is 1. The lowest BCUT2D eigenvalue weighted by molar-refractivity contribution is -0.122. The van der Waals surface area contributed by atoms with Crippen LogP contribution in [-0.2, 0) is 17.6 Å². The first-order valence-electron chi connectivity index (χ1n) is 7.69. The molecule has 1 unspecified atom stereocenters. The highest BCUT2D eigenvalue weighted by Gasteiger charge is 2.15. The lowest BCUT2D eigenvalue weighted by Gasteiger charge is -2.13. The summed E-state index contributed by atoms with van der Waals surface area (Å²) in [5.41, 5.74) is 3.33. The summed E-state index contributed by atoms with van der Waals surface area (Å²) < 4.78 is 0. The standard InChI is InChI=1S/C17H23NO3/c1-2-15(11-19)18-17(21)9-8-16(20)14-7-6-12-4-3-5-13(12)10-14/h6-7,10,15,19H,2-5,8-9,11H2,1H3,(H,18,21). The Morgan fingerprint density at radius 3 is 2.71 bits per heavy atom. The molecule has 1 atom stereocenters. The van der Waals surface area contributed by atoms with E-state index in [-0.39, 0.29) is 37.2 Å². The van der Waals surface area contributed by atoms with Crippen LogP contribution in [0.15, 0.2) is 18.2 Å². The van der Waals surface area contributed by atoms with Gasteiger partial charge in [-0.2, -0.15) is 0 Å². The highest BCUT2D eigenvalue weighted by atomic mass is 16.3. The highest BCUT2D eigenvalue weighted by molar-refractivity contribution is 5.98. The molecule has 2 rings (SSSR count). The van der Waals surface area contributed by atoms with Gasteiger partial charge in [0.1, 0.15) is 0 Å². The molecule has 0 heterocycles. The van der Waals surface area contributed by atoms with Crippen molar-refractivity contribution >= 4 is 11.7 Å². The first-order chi connectivity index (χ1) is 10.1. The number of hydrogen-bond acceptors (Lipinski definition) is 3. The monoisotopic (exact) mass is 289 g/mol. The van der Waals surface area contributed by atoms with Crippen LogP contribution in [0.1, 0.15) is 54.1 Å². The number of Topliss-reactive ketones (excluding diaryl/α,β-unsaturated/α-hetero) is 1. The Hall–Kier alpha value is -1.68. The van der Waals surface area contributed by atoms with E-state index < -0.39 is 0 Å². The summed E-state index contributed by atoms with van der Waals surface area (Å²) in [6.45, 7) is 1.83. The van der Waals surface area contributed by atoms with Gasteiger partial charge >= 0.3 is 0 Å². The molecular formula is C17H23NO3. The average Bonchev–Trinajstić information content (AvgIpc) is 2.97. The van der Waals surface area contributed by atoms with Gasteiger partial charge in [0, 0.05) is 18.4 Å². The largest absolute Gasteiger partial charge is 0.394 e. The van der Waals surface area contributed by atoms with Gasteiger partial charge in [0.15, 0.2) is 5.78 Å². The summed E-state index contributed by atoms with van der Waals surface area (Å²) in [5.74, 6) is -0.165. The molecule has 0 aliphatic heterocycles. The topological polar surface area (TPSA) is 66.4 Å². The molecule has 0 saturated carbocycles. The van der Waals surface area contributed by atoms with Crippen molar-refractivity contribution in [3.63, 3.8) is 0 Å². The number of ketones is 1. The van der Waals surface area contributed by atoms with Gasteiger partial charge in [0.25, 0.3) is 0 Å². The average molecular weight is 289 g/mol. The van der Waals surface area contributed by atoms with Crippen LogP contribution in [0.3, 0.4) is 0 Å². The molecule has 1 aromatic carbocycles. The highest BCUT2D eigenvalue weighted by Crippen LogP contribution is 2.23. The summed E-state index contributed by atoms with van der Waals surface area (Å²) in [6.07, 6.45) is 4.38. The lowest BCUT2D eigenvalue weighted by Crippen LogP contribution is -2.37. The number of rotatable bonds is 7. The zero-order valence-electron chi connectivity index (χ0n) is 12.5. The molecule has 1 aliphatic rings. The molecule has 1 amide bonds. The quantitative estimate of drug-likeness (QED) is 0.755. The number of aliphatic hydroxyl groups excluding tert-OH is 1. The smallest absolute Gasteiger partial charge is 0.220 e. The van der Waals surface area contributed by atoms with E-state index in [0.29, 0.717) is 12.0 Å². The third-order valence-electron chi connectivity index (χ3n) is 4.08. The van der Waals surface area contributed by atoms with Gasteiger partial charge in [0.05, 0.1) is 12.6 Å². The van der Waals surface area contributed by atoms with E-state index in [1.807, 2.05) is 25.1 Å². The molecule has 0 radical (unpaired) electrons. The summed E-state index contributed by atoms with van der Waals surface area (Å²) in [7, 11) is 0. The number of hydrogen-bond donors (Lipinski definition) is 2. The predicted octanol–water partition coefficient (Wildman–Crippen LogP) is 2.03. The molecule has 0 saturated heterocycles. The lowest BCUT2D eigenvalue weighted by atomic mass is 10.0. The number of carbonyl (C=O) groups is 2. The Balaban J connectivity index is 1.86. The zero-order valence-corrected chi connectivity index (χ0v) is 12.5. The van der Waals surface area contributed by atoms with Gasteiger partial charge in [-0.05, 0) is 42.9 Å². The van der Waals surface area contributed by atoms with Crippen molar-refractivity contribution in [3.8, 4) is 0 Å². The molecular weight excluding hydrogens is 266 g/mol. The minimum atomic E-state index is -0.215. The summed E-state index contributed by atoms with van der Waals surface area (Å²) in [5, 5.41) is 11.8. The van der Waals surface area contributed by atoms with Gasteiger partial charge in [-0.1, -0.05) is 19.1 Å². The van der Waals surface area contributed by atoms with Gasteiger partial charge in [-0.3, -0.25) is 9.59 Å². The van der Waals surface area contributed by atoms with Gasteiger partial charge in [-0.25, -0.2) is 0 Å². The van der Waals surface area contributed by atoms with E-state index in [2.05, 4.69) is 5.32 Å². The molecule has 0 spiro atoms. The van der Waals surface area contributed by atoms with E-state index in [1.165, 1.54) is 11.1 Å². The van der Waals surface area contributed by atoms with E-state index in [1.54, 1.807) is 0 Å². The van der Waals surface area contributed by atoms with Gasteiger partial charge in [0.2, 0.25) is 5.91 Å². The second kappa shape index (κ2) is 7.36. The molecule has 2 N–H and O–H groups in total. The number of amides is 1. The van der Waals surface area contributed by atoms with Gasteiger partial charge < -0.3 is 10.4 Å². The second-order valence-corrected chi connectivity index (χ2v) is 5.62. The fourth-order valence-electron chi connectivity index (χ4n) is 2.69. The maximum absolute atomic E-state index is 12.1.